The minimum absolute atomic E-state index is 0.289. The van der Waals surface area contributed by atoms with E-state index in [2.05, 4.69) is 39.0 Å². The lowest BCUT2D eigenvalue weighted by molar-refractivity contribution is 0.567. The van der Waals surface area contributed by atoms with Crippen molar-refractivity contribution in [3.63, 3.8) is 0 Å². The minimum Gasteiger partial charge on any atom is -0.368 e. The highest BCUT2D eigenvalue weighted by molar-refractivity contribution is 5.42. The molecular formula is C12H22N6. The van der Waals surface area contributed by atoms with Crippen molar-refractivity contribution in [1.82, 2.24) is 15.0 Å². The van der Waals surface area contributed by atoms with Gasteiger partial charge in [-0.15, -0.1) is 0 Å². The molecular weight excluding hydrogens is 228 g/mol. The van der Waals surface area contributed by atoms with E-state index < -0.39 is 0 Å². The van der Waals surface area contributed by atoms with Crippen LogP contribution in [0.5, 0.6) is 0 Å². The van der Waals surface area contributed by atoms with Gasteiger partial charge in [-0.05, 0) is 25.2 Å². The second-order valence-corrected chi connectivity index (χ2v) is 5.14. The molecule has 2 rings (SSSR count). The molecule has 1 saturated heterocycles. The molecule has 0 aromatic carbocycles. The van der Waals surface area contributed by atoms with Gasteiger partial charge < -0.3 is 16.0 Å². The van der Waals surface area contributed by atoms with Crippen LogP contribution in [0.25, 0.3) is 0 Å². The van der Waals surface area contributed by atoms with Crippen LogP contribution < -0.4 is 16.0 Å². The van der Waals surface area contributed by atoms with Gasteiger partial charge in [-0.2, -0.15) is 15.0 Å². The van der Waals surface area contributed by atoms with Crippen LogP contribution in [-0.2, 0) is 0 Å². The van der Waals surface area contributed by atoms with Crippen LogP contribution in [0.4, 0.5) is 17.8 Å². The predicted molar refractivity (Wildman–Crippen MR) is 73.6 cm³/mol. The van der Waals surface area contributed by atoms with Crippen LogP contribution in [0.15, 0.2) is 0 Å². The van der Waals surface area contributed by atoms with E-state index in [1.54, 1.807) is 0 Å². The number of nitrogens with two attached hydrogens (primary N) is 1. The Balaban J connectivity index is 2.09. The van der Waals surface area contributed by atoms with Gasteiger partial charge in [0.1, 0.15) is 0 Å². The number of hydrogen-bond acceptors (Lipinski definition) is 6. The largest absolute Gasteiger partial charge is 0.368 e. The average Bonchev–Trinajstić information content (AvgIpc) is 2.37. The molecule has 1 aromatic heterocycles. The smallest absolute Gasteiger partial charge is 0.231 e. The van der Waals surface area contributed by atoms with Crippen LogP contribution in [0.3, 0.4) is 0 Å². The molecule has 0 unspecified atom stereocenters. The van der Waals surface area contributed by atoms with Crippen molar-refractivity contribution >= 4 is 17.8 Å². The molecule has 1 aliphatic rings. The van der Waals surface area contributed by atoms with Crippen LogP contribution in [-0.4, -0.2) is 34.6 Å². The first-order chi connectivity index (χ1) is 8.65. The third-order valence-electron chi connectivity index (χ3n) is 2.95. The summed E-state index contributed by atoms with van der Waals surface area (Å²) in [5, 5.41) is 3.20. The number of nitrogens with one attached hydrogen (secondary N) is 1. The van der Waals surface area contributed by atoms with Gasteiger partial charge in [-0.3, -0.25) is 0 Å². The Hall–Kier alpha value is -1.59. The monoisotopic (exact) mass is 250 g/mol. The number of rotatable bonds is 4. The zero-order valence-corrected chi connectivity index (χ0v) is 11.2. The molecule has 0 atom stereocenters. The van der Waals surface area contributed by atoms with Crippen molar-refractivity contribution in [1.29, 1.82) is 0 Å². The van der Waals surface area contributed by atoms with Crippen molar-refractivity contribution in [2.45, 2.75) is 33.1 Å². The van der Waals surface area contributed by atoms with Crippen molar-refractivity contribution < 1.29 is 0 Å². The lowest BCUT2D eigenvalue weighted by Crippen LogP contribution is -2.31. The summed E-state index contributed by atoms with van der Waals surface area (Å²) in [6.45, 7) is 7.13. The van der Waals surface area contributed by atoms with Crippen LogP contribution in [0.2, 0.25) is 0 Å². The molecule has 0 bridgehead atoms. The first-order valence-corrected chi connectivity index (χ1v) is 6.65. The maximum absolute atomic E-state index is 5.74. The number of aromatic nitrogens is 3. The topological polar surface area (TPSA) is 80.0 Å². The Morgan fingerprint density at radius 1 is 1.17 bits per heavy atom. The van der Waals surface area contributed by atoms with E-state index in [0.717, 1.165) is 19.6 Å². The Morgan fingerprint density at radius 3 is 2.56 bits per heavy atom. The van der Waals surface area contributed by atoms with E-state index in [-0.39, 0.29) is 5.95 Å². The van der Waals surface area contributed by atoms with E-state index in [9.17, 15) is 0 Å². The SMILES string of the molecule is CC(C)CNc1nc(N)nc(N2CCCCC2)n1. The number of piperidine rings is 1. The summed E-state index contributed by atoms with van der Waals surface area (Å²) in [6, 6.07) is 0. The van der Waals surface area contributed by atoms with Gasteiger partial charge in [0.25, 0.3) is 0 Å². The molecule has 1 aromatic rings. The van der Waals surface area contributed by atoms with Gasteiger partial charge in [0.05, 0.1) is 0 Å². The van der Waals surface area contributed by atoms with Gasteiger partial charge in [-0.25, -0.2) is 0 Å². The van der Waals surface area contributed by atoms with Gasteiger partial charge in [0.2, 0.25) is 17.8 Å². The summed E-state index contributed by atoms with van der Waals surface area (Å²) in [5.41, 5.74) is 5.74. The number of nitrogen functional groups attached to an aromatic ring is 1. The van der Waals surface area contributed by atoms with E-state index in [1.807, 2.05) is 0 Å². The molecule has 18 heavy (non-hydrogen) atoms. The first-order valence-electron chi connectivity index (χ1n) is 6.65. The minimum atomic E-state index is 0.289. The highest BCUT2D eigenvalue weighted by Crippen LogP contribution is 2.17. The van der Waals surface area contributed by atoms with E-state index in [0.29, 0.717) is 17.8 Å². The van der Waals surface area contributed by atoms with Crippen molar-refractivity contribution in [3.8, 4) is 0 Å². The van der Waals surface area contributed by atoms with Crippen LogP contribution in [0, 0.1) is 5.92 Å². The van der Waals surface area contributed by atoms with E-state index >= 15 is 0 Å². The average molecular weight is 250 g/mol. The molecule has 0 aliphatic carbocycles. The molecule has 0 radical (unpaired) electrons. The second-order valence-electron chi connectivity index (χ2n) is 5.14. The summed E-state index contributed by atoms with van der Waals surface area (Å²) >= 11 is 0. The summed E-state index contributed by atoms with van der Waals surface area (Å²) in [5.74, 6) is 2.11. The quantitative estimate of drug-likeness (QED) is 0.843. The Bertz CT molecular complexity index is 386. The summed E-state index contributed by atoms with van der Waals surface area (Å²) in [6.07, 6.45) is 3.68. The summed E-state index contributed by atoms with van der Waals surface area (Å²) in [7, 11) is 0. The maximum atomic E-state index is 5.74. The third kappa shape index (κ3) is 3.45. The lowest BCUT2D eigenvalue weighted by atomic mass is 10.1. The Kier molecular flexibility index (Phi) is 4.17. The molecule has 100 valence electrons. The third-order valence-corrected chi connectivity index (χ3v) is 2.95. The fraction of sp³-hybridized carbons (Fsp3) is 0.750. The Morgan fingerprint density at radius 2 is 1.89 bits per heavy atom. The molecule has 1 fully saturated rings. The zero-order chi connectivity index (χ0) is 13.0. The Labute approximate surface area is 108 Å². The number of hydrogen-bond donors (Lipinski definition) is 2. The van der Waals surface area contributed by atoms with Crippen molar-refractivity contribution in [3.05, 3.63) is 0 Å². The lowest BCUT2D eigenvalue weighted by Gasteiger charge is -2.26. The van der Waals surface area contributed by atoms with E-state index in [1.165, 1.54) is 19.3 Å². The fourth-order valence-electron chi connectivity index (χ4n) is 1.99. The molecule has 6 heteroatoms. The maximum Gasteiger partial charge on any atom is 0.231 e. The van der Waals surface area contributed by atoms with Gasteiger partial charge in [-0.1, -0.05) is 13.8 Å². The second kappa shape index (κ2) is 5.84. The standard InChI is InChI=1S/C12H22N6/c1-9(2)8-14-11-15-10(13)16-12(17-11)18-6-4-3-5-7-18/h9H,3-8H2,1-2H3,(H3,13,14,15,16,17). The molecule has 1 aliphatic heterocycles. The molecule has 3 N–H and O–H groups in total. The first kappa shape index (κ1) is 12.9. The van der Waals surface area contributed by atoms with Crippen LogP contribution >= 0.6 is 0 Å². The van der Waals surface area contributed by atoms with Gasteiger partial charge >= 0.3 is 0 Å². The number of anilines is 3. The van der Waals surface area contributed by atoms with Crippen molar-refractivity contribution in [2.24, 2.45) is 5.92 Å². The van der Waals surface area contributed by atoms with Gasteiger partial charge in [0.15, 0.2) is 0 Å². The fourth-order valence-corrected chi connectivity index (χ4v) is 1.99. The molecule has 0 spiro atoms. The predicted octanol–water partition coefficient (Wildman–Crippen LogP) is 1.51. The van der Waals surface area contributed by atoms with E-state index in [4.69, 9.17) is 5.73 Å². The van der Waals surface area contributed by atoms with Gasteiger partial charge in [0, 0.05) is 19.6 Å². The normalized spacial score (nSPS) is 16.1. The highest BCUT2D eigenvalue weighted by atomic mass is 15.3. The summed E-state index contributed by atoms with van der Waals surface area (Å²) in [4.78, 5) is 15.0. The number of nitrogens with zero attached hydrogens (tertiary/aromatic N) is 4. The highest BCUT2D eigenvalue weighted by Gasteiger charge is 2.15. The zero-order valence-electron chi connectivity index (χ0n) is 11.2. The molecule has 0 amide bonds. The molecule has 6 nitrogen and oxygen atoms in total. The summed E-state index contributed by atoms with van der Waals surface area (Å²) < 4.78 is 0. The molecule has 0 saturated carbocycles. The van der Waals surface area contributed by atoms with Crippen molar-refractivity contribution in [2.75, 3.05) is 35.6 Å². The molecule has 2 heterocycles. The van der Waals surface area contributed by atoms with Crippen LogP contribution in [0.1, 0.15) is 33.1 Å².